The molecule has 6 heavy (non-hydrogen) atoms. The molecule has 0 aromatic carbocycles. The fourth-order valence-corrected chi connectivity index (χ4v) is 0.0408. The first-order chi connectivity index (χ1) is 3.50. The largest absolute Gasteiger partial charge is 0.394 e. The average molecular weight is 96.1 g/mol. The smallest absolute Gasteiger partial charge is 0.100 e. The van der Waals surface area contributed by atoms with Gasteiger partial charge in [-0.05, 0) is 0 Å². The molecule has 0 amide bonds. The lowest BCUT2D eigenvalue weighted by molar-refractivity contribution is 0.0450. The summed E-state index contributed by atoms with van der Waals surface area (Å²) in [5, 5.41) is 24.6. The van der Waals surface area contributed by atoms with E-state index in [1.807, 2.05) is 0 Å². The summed E-state index contributed by atoms with van der Waals surface area (Å²) >= 11 is 0. The highest BCUT2D eigenvalue weighted by Gasteiger charge is 1.93. The molecule has 38 valence electrons. The molecule has 0 unspecified atom stereocenters. The number of hydrogen-bond acceptors (Lipinski definition) is 3. The molecule has 0 fully saturated rings. The van der Waals surface area contributed by atoms with Gasteiger partial charge in [-0.15, -0.1) is 0 Å². The van der Waals surface area contributed by atoms with Gasteiger partial charge in [0.05, 0.1) is 15.9 Å². The maximum Gasteiger partial charge on any atom is 0.100 e. The zero-order valence-corrected chi connectivity index (χ0v) is 3.13. The first-order valence-corrected chi connectivity index (χ1v) is 1.44. The third-order valence-corrected chi connectivity index (χ3v) is 0.311. The second-order valence-corrected chi connectivity index (χ2v) is 0.779. The van der Waals surface area contributed by atoms with Gasteiger partial charge < -0.3 is 15.3 Å². The van der Waals surface area contributed by atoms with E-state index in [2.05, 4.69) is 0 Å². The Hall–Kier alpha value is -0.120. The highest BCUT2D eigenvalue weighted by molar-refractivity contribution is 4.43. The van der Waals surface area contributed by atoms with Crippen molar-refractivity contribution in [3.05, 3.63) is 0 Å². The van der Waals surface area contributed by atoms with Gasteiger partial charge in [-0.2, -0.15) is 0 Å². The molecule has 0 aliphatic carbocycles. The Morgan fingerprint density at radius 2 is 2.33 bits per heavy atom. The van der Waals surface area contributed by atoms with Crippen molar-refractivity contribution in [1.29, 1.82) is 0 Å². The van der Waals surface area contributed by atoms with Crippen LogP contribution < -0.4 is 0 Å². The summed E-state index contributed by atoms with van der Waals surface area (Å²) in [5.74, 6) is 0. The van der Waals surface area contributed by atoms with E-state index >= 15 is 0 Å². The molecule has 0 radical (unpaired) electrons. The fraction of sp³-hybridized carbons (Fsp3) is 1.00. The van der Waals surface area contributed by atoms with Crippen LogP contribution >= 0.6 is 0 Å². The Labute approximate surface area is 38.7 Å². The fourth-order valence-electron chi connectivity index (χ4n) is 0.0408. The summed E-state index contributed by atoms with van der Waals surface area (Å²) in [5.41, 5.74) is 0. The van der Waals surface area contributed by atoms with Crippen LogP contribution in [0.2, 0.25) is 0 Å². The number of aliphatic hydroxyl groups excluding tert-OH is 2. The lowest BCUT2D eigenvalue weighted by atomic mass is 11.0. The van der Waals surface area contributed by atoms with Crippen molar-refractivity contribution < 1.29 is 18.1 Å². The zero-order chi connectivity index (χ0) is 6.78. The Bertz CT molecular complexity index is 72.9. The molecule has 0 aromatic rings. The van der Waals surface area contributed by atoms with Gasteiger partial charge in [-0.3, -0.25) is 0 Å². The van der Waals surface area contributed by atoms with Gasteiger partial charge in [0.1, 0.15) is 6.08 Å². The zero-order valence-electron chi connectivity index (χ0n) is 5.13. The first kappa shape index (κ1) is 2.96. The Morgan fingerprint density at radius 1 is 1.83 bits per heavy atom. The summed E-state index contributed by atoms with van der Waals surface area (Å²) in [6, 6.07) is 0. The Morgan fingerprint density at radius 3 is 2.33 bits per heavy atom. The number of hydrogen-bond donors (Lipinski definition) is 3. The second-order valence-electron chi connectivity index (χ2n) is 0.779. The van der Waals surface area contributed by atoms with Crippen molar-refractivity contribution >= 4 is 0 Å². The van der Waals surface area contributed by atoms with Gasteiger partial charge in [0.2, 0.25) is 0 Å². The predicted molar refractivity (Wildman–Crippen MR) is 20.2 cm³/mol. The molecule has 3 heteroatoms. The molecule has 0 aliphatic rings. The van der Waals surface area contributed by atoms with Crippen molar-refractivity contribution in [3.8, 4) is 0 Å². The van der Waals surface area contributed by atoms with Crippen molar-refractivity contribution in [1.82, 2.24) is 0 Å². The molecular formula is C3H8O3. The first-order valence-electron chi connectivity index (χ1n) is 2.52. The molecule has 3 N–H and O–H groups in total. The van der Waals surface area contributed by atoms with E-state index in [0.717, 1.165) is 0 Å². The van der Waals surface area contributed by atoms with Crippen molar-refractivity contribution in [2.75, 3.05) is 13.2 Å². The van der Waals surface area contributed by atoms with Gasteiger partial charge in [-0.1, -0.05) is 0 Å². The van der Waals surface area contributed by atoms with Crippen LogP contribution in [0.4, 0.5) is 0 Å². The van der Waals surface area contributed by atoms with E-state index in [9.17, 15) is 0 Å². The lowest BCUT2D eigenvalue weighted by Gasteiger charge is -1.96. The van der Waals surface area contributed by atoms with Crippen molar-refractivity contribution in [3.63, 3.8) is 0 Å². The second kappa shape index (κ2) is 3.08. The van der Waals surface area contributed by atoms with Crippen molar-refractivity contribution in [2.45, 2.75) is 6.08 Å². The molecule has 0 rings (SSSR count). The number of aliphatic hydroxyl groups is 3. The molecule has 0 heterocycles. The SMILES string of the molecule is [2H][13C@@H](O)[13C@@]([2H])(O)CO. The maximum absolute atomic E-state index is 8.38. The molecular weight excluding hydrogens is 86.0 g/mol. The third-order valence-electron chi connectivity index (χ3n) is 0.311. The topological polar surface area (TPSA) is 60.7 Å². The van der Waals surface area contributed by atoms with E-state index < -0.39 is 19.3 Å². The number of rotatable bonds is 2. The maximum atomic E-state index is 8.38. The van der Waals surface area contributed by atoms with Gasteiger partial charge in [0.15, 0.2) is 0 Å². The third kappa shape index (κ3) is 2.14. The van der Waals surface area contributed by atoms with Crippen LogP contribution in [-0.4, -0.2) is 34.6 Å². The van der Waals surface area contributed by atoms with E-state index in [1.165, 1.54) is 0 Å². The summed E-state index contributed by atoms with van der Waals surface area (Å²) in [7, 11) is 0. The standard InChI is InChI=1S/C3H8O3/c4-1-3(6)2-5/h3-6H,1-2H2/i1+1D,3+1D/t1-,3-/m1/s1. The van der Waals surface area contributed by atoms with E-state index in [-0.39, 0.29) is 0 Å². The molecule has 3 nitrogen and oxygen atoms in total. The normalized spacial score (nSPS) is 29.8. The highest BCUT2D eigenvalue weighted by Crippen LogP contribution is 1.71. The van der Waals surface area contributed by atoms with Gasteiger partial charge in [-0.25, -0.2) is 0 Å². The molecule has 0 saturated carbocycles. The van der Waals surface area contributed by atoms with E-state index in [0.29, 0.717) is 0 Å². The Kier molecular flexibility index (Phi) is 1.52. The van der Waals surface area contributed by atoms with Gasteiger partial charge in [0, 0.05) is 0 Å². The molecule has 0 aliphatic heterocycles. The average Bonchev–Trinajstić information content (AvgIpc) is 1.67. The molecule has 0 bridgehead atoms. The van der Waals surface area contributed by atoms with Crippen LogP contribution in [0, 0.1) is 0 Å². The van der Waals surface area contributed by atoms with Crippen molar-refractivity contribution in [2.24, 2.45) is 0 Å². The summed E-state index contributed by atoms with van der Waals surface area (Å²) in [6.45, 7) is -2.90. The van der Waals surface area contributed by atoms with E-state index in [4.69, 9.17) is 18.1 Å². The summed E-state index contributed by atoms with van der Waals surface area (Å²) in [6.07, 6.45) is -2.43. The summed E-state index contributed by atoms with van der Waals surface area (Å²) in [4.78, 5) is 0. The van der Waals surface area contributed by atoms with E-state index in [1.54, 1.807) is 0 Å². The predicted octanol–water partition coefficient (Wildman–Crippen LogP) is -1.67. The van der Waals surface area contributed by atoms with Crippen LogP contribution in [0.5, 0.6) is 0 Å². The lowest BCUT2D eigenvalue weighted by Crippen LogP contribution is -2.15. The van der Waals surface area contributed by atoms with Crippen LogP contribution in [0.3, 0.4) is 0 Å². The van der Waals surface area contributed by atoms with Gasteiger partial charge >= 0.3 is 0 Å². The molecule has 0 aromatic heterocycles. The van der Waals surface area contributed by atoms with Crippen LogP contribution in [0.1, 0.15) is 2.74 Å². The minimum absolute atomic E-state index is 0.933. The molecule has 0 saturated heterocycles. The molecule has 0 spiro atoms. The highest BCUT2D eigenvalue weighted by atomic mass is 16.5. The summed E-state index contributed by atoms with van der Waals surface area (Å²) < 4.78 is 12.8. The quantitative estimate of drug-likeness (QED) is 0.360. The van der Waals surface area contributed by atoms with Crippen LogP contribution in [-0.2, 0) is 0 Å². The van der Waals surface area contributed by atoms with Crippen LogP contribution in [0.15, 0.2) is 0 Å². The minimum Gasteiger partial charge on any atom is -0.394 e. The molecule has 2 atom stereocenters. The Balaban J connectivity index is 3.71. The minimum atomic E-state index is -2.43. The van der Waals surface area contributed by atoms with Crippen LogP contribution in [0.25, 0.3) is 0 Å². The monoisotopic (exact) mass is 96.1 g/mol. The van der Waals surface area contributed by atoms with Gasteiger partial charge in [0.25, 0.3) is 0 Å².